The van der Waals surface area contributed by atoms with Crippen LogP contribution in [-0.4, -0.2) is 49.2 Å². The third kappa shape index (κ3) is 6.33. The molecule has 36 heavy (non-hydrogen) atoms. The van der Waals surface area contributed by atoms with Crippen LogP contribution in [0.5, 0.6) is 11.5 Å². The molecule has 1 saturated carbocycles. The summed E-state index contributed by atoms with van der Waals surface area (Å²) >= 11 is 0. The molecule has 0 atom stereocenters. The number of nitrogens with one attached hydrogen (secondary N) is 2. The molecule has 0 aromatic heterocycles. The minimum Gasteiger partial charge on any atom is -0.497 e. The van der Waals surface area contributed by atoms with E-state index in [9.17, 15) is 14.4 Å². The minimum absolute atomic E-state index is 0.00600. The molecule has 3 aromatic carbocycles. The van der Waals surface area contributed by atoms with Crippen LogP contribution in [0.15, 0.2) is 60.7 Å². The van der Waals surface area contributed by atoms with E-state index in [1.807, 2.05) is 30.3 Å². The summed E-state index contributed by atoms with van der Waals surface area (Å²) in [6, 6.07) is 18.0. The molecule has 0 bridgehead atoms. The molecule has 0 radical (unpaired) electrons. The summed E-state index contributed by atoms with van der Waals surface area (Å²) in [6.07, 6.45) is 2.64. The highest BCUT2D eigenvalue weighted by Crippen LogP contribution is 2.28. The third-order valence-electron chi connectivity index (χ3n) is 6.45. The van der Waals surface area contributed by atoms with E-state index in [0.29, 0.717) is 49.1 Å². The van der Waals surface area contributed by atoms with E-state index in [4.69, 9.17) is 14.6 Å². The van der Waals surface area contributed by atoms with Gasteiger partial charge in [-0.15, -0.1) is 0 Å². The third-order valence-corrected chi connectivity index (χ3v) is 6.45. The number of carbonyl (C=O) groups excluding carboxylic acids is 2. The number of benzene rings is 3. The van der Waals surface area contributed by atoms with Crippen molar-refractivity contribution in [3.05, 3.63) is 71.8 Å². The Morgan fingerprint density at radius 2 is 1.36 bits per heavy atom. The van der Waals surface area contributed by atoms with Crippen LogP contribution >= 0.6 is 0 Å². The van der Waals surface area contributed by atoms with Gasteiger partial charge in [-0.2, -0.15) is 0 Å². The van der Waals surface area contributed by atoms with Crippen LogP contribution < -0.4 is 20.1 Å². The number of aliphatic carboxylic acids is 1. The van der Waals surface area contributed by atoms with Gasteiger partial charge in [-0.05, 0) is 85.0 Å². The summed E-state index contributed by atoms with van der Waals surface area (Å²) in [5.41, 5.74) is 1.03. The largest absolute Gasteiger partial charge is 0.497 e. The van der Waals surface area contributed by atoms with Gasteiger partial charge in [-0.1, -0.05) is 12.1 Å². The van der Waals surface area contributed by atoms with E-state index in [1.165, 1.54) is 0 Å². The van der Waals surface area contributed by atoms with E-state index >= 15 is 0 Å². The van der Waals surface area contributed by atoms with Gasteiger partial charge in [0.25, 0.3) is 11.8 Å². The molecule has 0 heterocycles. The van der Waals surface area contributed by atoms with Crippen molar-refractivity contribution in [1.29, 1.82) is 0 Å². The standard InChI is InChI=1S/C28H30N2O6/c1-35-25-13-4-18-2-3-21(16-22(18)17-25)27(32)30-15-14-29-26(31)19-5-9-23(10-6-19)36-24-11-7-20(8-12-24)28(33)34/h2-6,9-10,13,16-17,20,24H,7-8,11-12,14-15H2,1H3,(H,29,31)(H,30,32)(H,33,34)/t20-,24+. The monoisotopic (exact) mass is 490 g/mol. The predicted molar refractivity (Wildman–Crippen MR) is 136 cm³/mol. The molecule has 8 heteroatoms. The lowest BCUT2D eigenvalue weighted by atomic mass is 9.87. The summed E-state index contributed by atoms with van der Waals surface area (Å²) in [7, 11) is 1.60. The zero-order valence-electron chi connectivity index (χ0n) is 20.2. The van der Waals surface area contributed by atoms with Crippen LogP contribution in [0.25, 0.3) is 10.8 Å². The van der Waals surface area contributed by atoms with Crippen molar-refractivity contribution < 1.29 is 29.0 Å². The van der Waals surface area contributed by atoms with E-state index in [1.54, 1.807) is 37.4 Å². The Kier molecular flexibility index (Phi) is 8.05. The van der Waals surface area contributed by atoms with Crippen LogP contribution in [-0.2, 0) is 4.79 Å². The van der Waals surface area contributed by atoms with Crippen molar-refractivity contribution in [3.8, 4) is 11.5 Å². The topological polar surface area (TPSA) is 114 Å². The summed E-state index contributed by atoms with van der Waals surface area (Å²) in [6.45, 7) is 0.581. The first-order valence-corrected chi connectivity index (χ1v) is 12.1. The Morgan fingerprint density at radius 3 is 2.00 bits per heavy atom. The molecule has 3 aromatic rings. The van der Waals surface area contributed by atoms with Gasteiger partial charge in [0.2, 0.25) is 0 Å². The molecule has 8 nitrogen and oxygen atoms in total. The second-order valence-electron chi connectivity index (χ2n) is 8.89. The maximum atomic E-state index is 12.5. The maximum Gasteiger partial charge on any atom is 0.306 e. The second kappa shape index (κ2) is 11.6. The van der Waals surface area contributed by atoms with Gasteiger partial charge in [0, 0.05) is 24.2 Å². The van der Waals surface area contributed by atoms with E-state index in [2.05, 4.69) is 10.6 Å². The number of rotatable bonds is 9. The number of ether oxygens (including phenoxy) is 2. The predicted octanol–water partition coefficient (Wildman–Crippen LogP) is 4.03. The first-order valence-electron chi connectivity index (χ1n) is 12.1. The van der Waals surface area contributed by atoms with E-state index in [0.717, 1.165) is 16.5 Å². The Labute approximate surface area is 209 Å². The number of hydrogen-bond acceptors (Lipinski definition) is 5. The number of hydrogen-bond donors (Lipinski definition) is 3. The zero-order valence-corrected chi connectivity index (χ0v) is 20.2. The van der Waals surface area contributed by atoms with Crippen molar-refractivity contribution in [2.75, 3.05) is 20.2 Å². The van der Waals surface area contributed by atoms with Crippen molar-refractivity contribution in [3.63, 3.8) is 0 Å². The van der Waals surface area contributed by atoms with Crippen molar-refractivity contribution >= 4 is 28.6 Å². The molecule has 0 unspecified atom stereocenters. The minimum atomic E-state index is -0.738. The second-order valence-corrected chi connectivity index (χ2v) is 8.89. The normalized spacial score (nSPS) is 17.2. The zero-order chi connectivity index (χ0) is 25.5. The highest BCUT2D eigenvalue weighted by atomic mass is 16.5. The molecule has 1 aliphatic carbocycles. The fourth-order valence-electron chi connectivity index (χ4n) is 4.35. The van der Waals surface area contributed by atoms with Gasteiger partial charge >= 0.3 is 5.97 Å². The molecule has 1 aliphatic rings. The maximum absolute atomic E-state index is 12.5. The number of carbonyl (C=O) groups is 3. The van der Waals surface area contributed by atoms with Crippen molar-refractivity contribution in [2.45, 2.75) is 31.8 Å². The number of methoxy groups -OCH3 is 1. The van der Waals surface area contributed by atoms with Crippen LogP contribution in [0.1, 0.15) is 46.4 Å². The first-order chi connectivity index (χ1) is 17.4. The molecule has 0 aliphatic heterocycles. The van der Waals surface area contributed by atoms with Crippen LogP contribution in [0.4, 0.5) is 0 Å². The lowest BCUT2D eigenvalue weighted by Gasteiger charge is -2.26. The average Bonchev–Trinajstić information content (AvgIpc) is 2.90. The molecular weight excluding hydrogens is 460 g/mol. The van der Waals surface area contributed by atoms with Gasteiger partial charge < -0.3 is 25.2 Å². The van der Waals surface area contributed by atoms with Crippen molar-refractivity contribution in [1.82, 2.24) is 10.6 Å². The fraction of sp³-hybridized carbons (Fsp3) is 0.321. The molecule has 0 spiro atoms. The number of carboxylic acid groups (broad SMARTS) is 1. The summed E-state index contributed by atoms with van der Waals surface area (Å²) in [5, 5.41) is 16.7. The molecule has 4 rings (SSSR count). The lowest BCUT2D eigenvalue weighted by molar-refractivity contribution is -0.143. The Balaban J connectivity index is 1.21. The highest BCUT2D eigenvalue weighted by molar-refractivity contribution is 5.99. The number of carboxylic acids is 1. The summed E-state index contributed by atoms with van der Waals surface area (Å²) < 4.78 is 11.2. The number of amides is 2. The van der Waals surface area contributed by atoms with Crippen LogP contribution in [0.3, 0.4) is 0 Å². The Morgan fingerprint density at radius 1 is 0.778 bits per heavy atom. The van der Waals surface area contributed by atoms with Crippen LogP contribution in [0.2, 0.25) is 0 Å². The summed E-state index contributed by atoms with van der Waals surface area (Å²) in [5.74, 6) is -0.0882. The molecule has 188 valence electrons. The average molecular weight is 491 g/mol. The fourth-order valence-corrected chi connectivity index (χ4v) is 4.35. The molecule has 2 amide bonds. The van der Waals surface area contributed by atoms with Gasteiger partial charge in [-0.3, -0.25) is 14.4 Å². The van der Waals surface area contributed by atoms with Gasteiger partial charge in [0.1, 0.15) is 11.5 Å². The van der Waals surface area contributed by atoms with Crippen LogP contribution in [0, 0.1) is 5.92 Å². The highest BCUT2D eigenvalue weighted by Gasteiger charge is 2.26. The quantitative estimate of drug-likeness (QED) is 0.390. The molecule has 1 fully saturated rings. The molecular formula is C28H30N2O6. The summed E-state index contributed by atoms with van der Waals surface area (Å²) in [4.78, 5) is 36.0. The van der Waals surface area contributed by atoms with E-state index < -0.39 is 5.97 Å². The number of fused-ring (bicyclic) bond motifs is 1. The first kappa shape index (κ1) is 25.0. The Bertz CT molecular complexity index is 1230. The molecule has 3 N–H and O–H groups in total. The molecule has 0 saturated heterocycles. The Hall–Kier alpha value is -4.07. The van der Waals surface area contributed by atoms with E-state index in [-0.39, 0.29) is 30.4 Å². The van der Waals surface area contributed by atoms with Crippen molar-refractivity contribution in [2.24, 2.45) is 5.92 Å². The van der Waals surface area contributed by atoms with Gasteiger partial charge in [0.05, 0.1) is 19.1 Å². The van der Waals surface area contributed by atoms with Gasteiger partial charge in [0.15, 0.2) is 0 Å². The SMILES string of the molecule is COc1ccc2ccc(C(=O)NCCNC(=O)c3ccc(O[C@H]4CC[C@@H](C(=O)O)CC4)cc3)cc2c1. The smallest absolute Gasteiger partial charge is 0.306 e. The lowest BCUT2D eigenvalue weighted by Crippen LogP contribution is -2.34. The van der Waals surface area contributed by atoms with Gasteiger partial charge in [-0.25, -0.2) is 0 Å².